The predicted octanol–water partition coefficient (Wildman–Crippen LogP) is 3.21. The van der Waals surface area contributed by atoms with Crippen molar-refractivity contribution in [3.8, 4) is 0 Å². The summed E-state index contributed by atoms with van der Waals surface area (Å²) in [6, 6.07) is 0. The molecule has 0 unspecified atom stereocenters. The van der Waals surface area contributed by atoms with Crippen molar-refractivity contribution in [1.29, 1.82) is 0 Å². The van der Waals surface area contributed by atoms with Gasteiger partial charge in [0.15, 0.2) is 0 Å². The summed E-state index contributed by atoms with van der Waals surface area (Å²) in [5.41, 5.74) is -0.0807. The molecule has 0 aliphatic heterocycles. The molecule has 1 aliphatic rings. The van der Waals surface area contributed by atoms with E-state index in [1.54, 1.807) is 18.0 Å². The number of rotatable bonds is 7. The number of Topliss-reactive ketones (excluding diaryl/α,β-unsaturated/α-hetero) is 1. The highest BCUT2D eigenvalue weighted by molar-refractivity contribution is 9.10. The van der Waals surface area contributed by atoms with E-state index in [0.29, 0.717) is 25.5 Å². The molecule has 1 aromatic heterocycles. The minimum atomic E-state index is -0.680. The highest BCUT2D eigenvalue weighted by Gasteiger charge is 2.42. The molecule has 0 aromatic carbocycles. The van der Waals surface area contributed by atoms with E-state index in [-0.39, 0.29) is 5.78 Å². The van der Waals surface area contributed by atoms with Crippen LogP contribution in [0.1, 0.15) is 49.5 Å². The Hall–Kier alpha value is -0.720. The predicted molar refractivity (Wildman–Crippen MR) is 83.6 cm³/mol. The van der Waals surface area contributed by atoms with Crippen LogP contribution in [0.2, 0.25) is 0 Å². The number of ketones is 1. The normalized spacial score (nSPS) is 17.9. The quantitative estimate of drug-likeness (QED) is 0.702. The van der Waals surface area contributed by atoms with Crippen molar-refractivity contribution >= 4 is 21.7 Å². The van der Waals surface area contributed by atoms with E-state index in [2.05, 4.69) is 21.0 Å². The Morgan fingerprint density at radius 3 is 2.76 bits per heavy atom. The molecule has 1 fully saturated rings. The number of carbonyl (C=O) groups is 1. The third kappa shape index (κ3) is 3.55. The lowest BCUT2D eigenvalue weighted by Crippen LogP contribution is -2.44. The van der Waals surface area contributed by atoms with Gasteiger partial charge < -0.3 is 9.47 Å². The maximum absolute atomic E-state index is 13.1. The van der Waals surface area contributed by atoms with Crippen molar-refractivity contribution in [1.82, 2.24) is 9.78 Å². The van der Waals surface area contributed by atoms with Crippen molar-refractivity contribution in [3.05, 3.63) is 16.4 Å². The SMILES string of the molecule is CCOC1(C(=O)c2c(Br)cnn2CCOC)CCCCC1. The average Bonchev–Trinajstić information content (AvgIpc) is 2.86. The van der Waals surface area contributed by atoms with E-state index in [0.717, 1.165) is 30.2 Å². The zero-order chi connectivity index (χ0) is 15.3. The molecule has 0 bridgehead atoms. The molecule has 118 valence electrons. The fourth-order valence-electron chi connectivity index (χ4n) is 2.99. The van der Waals surface area contributed by atoms with Crippen LogP contribution in [-0.4, -0.2) is 41.5 Å². The maximum Gasteiger partial charge on any atom is 0.213 e. The summed E-state index contributed by atoms with van der Waals surface area (Å²) in [5, 5.41) is 4.27. The Morgan fingerprint density at radius 2 is 2.14 bits per heavy atom. The molecule has 0 spiro atoms. The van der Waals surface area contributed by atoms with E-state index >= 15 is 0 Å². The van der Waals surface area contributed by atoms with Crippen LogP contribution in [0.3, 0.4) is 0 Å². The Kier molecular flexibility index (Phi) is 5.96. The lowest BCUT2D eigenvalue weighted by Gasteiger charge is -2.35. The number of ether oxygens (including phenoxy) is 2. The number of carbonyl (C=O) groups excluding carboxylic acids is 1. The first-order valence-electron chi connectivity index (χ1n) is 7.53. The van der Waals surface area contributed by atoms with Gasteiger partial charge in [0, 0.05) is 13.7 Å². The van der Waals surface area contributed by atoms with Crippen LogP contribution in [-0.2, 0) is 16.0 Å². The molecule has 0 saturated heterocycles. The maximum atomic E-state index is 13.1. The third-order valence-electron chi connectivity index (χ3n) is 4.01. The highest BCUT2D eigenvalue weighted by Crippen LogP contribution is 2.36. The van der Waals surface area contributed by atoms with Gasteiger partial charge >= 0.3 is 0 Å². The van der Waals surface area contributed by atoms with Gasteiger partial charge in [-0.3, -0.25) is 9.48 Å². The van der Waals surface area contributed by atoms with Crippen LogP contribution in [0.4, 0.5) is 0 Å². The Morgan fingerprint density at radius 1 is 1.43 bits per heavy atom. The number of methoxy groups -OCH3 is 1. The minimum Gasteiger partial charge on any atom is -0.383 e. The van der Waals surface area contributed by atoms with Crippen LogP contribution in [0.5, 0.6) is 0 Å². The van der Waals surface area contributed by atoms with Crippen LogP contribution < -0.4 is 0 Å². The van der Waals surface area contributed by atoms with Crippen molar-refractivity contribution in [2.75, 3.05) is 20.3 Å². The molecule has 5 nitrogen and oxygen atoms in total. The first-order chi connectivity index (χ1) is 10.1. The van der Waals surface area contributed by atoms with Gasteiger partial charge in [-0.25, -0.2) is 0 Å². The average molecular weight is 359 g/mol. The third-order valence-corrected chi connectivity index (χ3v) is 4.59. The summed E-state index contributed by atoms with van der Waals surface area (Å²) < 4.78 is 13.5. The van der Waals surface area contributed by atoms with Crippen molar-refractivity contribution in [2.24, 2.45) is 0 Å². The molecule has 2 rings (SSSR count). The van der Waals surface area contributed by atoms with Gasteiger partial charge in [0.2, 0.25) is 5.78 Å². The molecule has 1 aromatic rings. The minimum absolute atomic E-state index is 0.0459. The lowest BCUT2D eigenvalue weighted by molar-refractivity contribution is -0.0418. The molecule has 0 N–H and O–H groups in total. The standard InChI is InChI=1S/C15H23BrN2O3/c1-3-21-15(7-5-4-6-8-15)14(19)13-12(16)11-17-18(13)9-10-20-2/h11H,3-10H2,1-2H3. The van der Waals surface area contributed by atoms with Gasteiger partial charge in [-0.15, -0.1) is 0 Å². The molecule has 0 amide bonds. The second kappa shape index (κ2) is 7.51. The van der Waals surface area contributed by atoms with Gasteiger partial charge in [0.1, 0.15) is 11.3 Å². The zero-order valence-corrected chi connectivity index (χ0v) is 14.3. The van der Waals surface area contributed by atoms with Gasteiger partial charge in [0.05, 0.1) is 23.8 Å². The van der Waals surface area contributed by atoms with Crippen LogP contribution in [0.15, 0.2) is 10.7 Å². The second-order valence-corrected chi connectivity index (χ2v) is 6.23. The molecule has 0 radical (unpaired) electrons. The summed E-state index contributed by atoms with van der Waals surface area (Å²) in [6.45, 7) is 3.58. The number of aromatic nitrogens is 2. The van der Waals surface area contributed by atoms with Gasteiger partial charge in [-0.05, 0) is 35.7 Å². The number of nitrogens with zero attached hydrogens (tertiary/aromatic N) is 2. The van der Waals surface area contributed by atoms with Crippen molar-refractivity contribution < 1.29 is 14.3 Å². The Labute approximate surface area is 134 Å². The van der Waals surface area contributed by atoms with Crippen LogP contribution in [0, 0.1) is 0 Å². The highest BCUT2D eigenvalue weighted by atomic mass is 79.9. The monoisotopic (exact) mass is 358 g/mol. The van der Waals surface area contributed by atoms with Crippen LogP contribution >= 0.6 is 15.9 Å². The summed E-state index contributed by atoms with van der Waals surface area (Å²) >= 11 is 3.45. The van der Waals surface area contributed by atoms with Gasteiger partial charge in [-0.1, -0.05) is 19.3 Å². The first-order valence-corrected chi connectivity index (χ1v) is 8.33. The molecule has 6 heteroatoms. The zero-order valence-electron chi connectivity index (χ0n) is 12.7. The van der Waals surface area contributed by atoms with E-state index < -0.39 is 5.60 Å². The molecule has 1 heterocycles. The first kappa shape index (κ1) is 16.6. The summed E-state index contributed by atoms with van der Waals surface area (Å²) in [4.78, 5) is 13.1. The molecule has 1 saturated carbocycles. The smallest absolute Gasteiger partial charge is 0.213 e. The fourth-order valence-corrected chi connectivity index (χ4v) is 3.46. The number of halogens is 1. The largest absolute Gasteiger partial charge is 0.383 e. The second-order valence-electron chi connectivity index (χ2n) is 5.37. The van der Waals surface area contributed by atoms with Gasteiger partial charge in [-0.2, -0.15) is 5.10 Å². The lowest BCUT2D eigenvalue weighted by atomic mass is 9.80. The number of hydrogen-bond acceptors (Lipinski definition) is 4. The van der Waals surface area contributed by atoms with E-state index in [1.807, 2.05) is 6.92 Å². The van der Waals surface area contributed by atoms with E-state index in [1.165, 1.54) is 6.42 Å². The van der Waals surface area contributed by atoms with E-state index in [9.17, 15) is 4.79 Å². The molecule has 21 heavy (non-hydrogen) atoms. The fraction of sp³-hybridized carbons (Fsp3) is 0.733. The van der Waals surface area contributed by atoms with Crippen molar-refractivity contribution in [3.63, 3.8) is 0 Å². The molecule has 0 atom stereocenters. The summed E-state index contributed by atoms with van der Waals surface area (Å²) in [7, 11) is 1.64. The Balaban J connectivity index is 2.30. The van der Waals surface area contributed by atoms with E-state index in [4.69, 9.17) is 9.47 Å². The molecular weight excluding hydrogens is 336 g/mol. The Bertz CT molecular complexity index is 476. The van der Waals surface area contributed by atoms with Crippen molar-refractivity contribution in [2.45, 2.75) is 51.2 Å². The summed E-state index contributed by atoms with van der Waals surface area (Å²) in [5.74, 6) is 0.0459. The molecule has 1 aliphatic carbocycles. The molecular formula is C15H23BrN2O3. The van der Waals surface area contributed by atoms with Crippen LogP contribution in [0.25, 0.3) is 0 Å². The number of hydrogen-bond donors (Lipinski definition) is 0. The topological polar surface area (TPSA) is 53.3 Å². The van der Waals surface area contributed by atoms with Gasteiger partial charge in [0.25, 0.3) is 0 Å². The summed E-state index contributed by atoms with van der Waals surface area (Å²) in [6.07, 6.45) is 6.51.